The lowest BCUT2D eigenvalue weighted by Crippen LogP contribution is -2.00. The lowest BCUT2D eigenvalue weighted by molar-refractivity contribution is 1.00. The van der Waals surface area contributed by atoms with Gasteiger partial charge in [-0.25, -0.2) is 9.97 Å². The van der Waals surface area contributed by atoms with Crippen molar-refractivity contribution in [1.82, 2.24) is 19.3 Å². The zero-order chi connectivity index (χ0) is 12.5. The number of aromatic nitrogens is 4. The van der Waals surface area contributed by atoms with E-state index in [9.17, 15) is 0 Å². The highest BCUT2D eigenvalue weighted by Crippen LogP contribution is 2.16. The predicted molar refractivity (Wildman–Crippen MR) is 72.8 cm³/mol. The average Bonchev–Trinajstić information content (AvgIpc) is 2.93. The number of aryl methyl sites for hydroxylation is 2. The topological polar surface area (TPSA) is 66.5 Å². The van der Waals surface area contributed by atoms with Crippen LogP contribution in [0.25, 0.3) is 11.0 Å². The van der Waals surface area contributed by atoms with Crippen LogP contribution in [0.1, 0.15) is 17.2 Å². The number of benzene rings is 1. The number of aromatic amines is 1. The highest BCUT2D eigenvalue weighted by molar-refractivity contribution is 7.09. The molecule has 0 fully saturated rings. The molecular formula is C12H13N5S. The molecule has 6 heteroatoms. The van der Waals surface area contributed by atoms with Crippen molar-refractivity contribution in [2.24, 2.45) is 0 Å². The number of nitrogens with zero attached hydrogens (tertiary/aromatic N) is 3. The number of hydrogen-bond donors (Lipinski definition) is 2. The Morgan fingerprint density at radius 2 is 2.17 bits per heavy atom. The number of anilines is 1. The van der Waals surface area contributed by atoms with E-state index in [1.165, 1.54) is 17.1 Å². The molecule has 0 saturated heterocycles. The molecule has 0 aliphatic carbocycles. The number of rotatable bonds is 3. The average molecular weight is 259 g/mol. The van der Waals surface area contributed by atoms with Crippen LogP contribution in [0.5, 0.6) is 0 Å². The molecule has 1 aromatic carbocycles. The molecule has 2 N–H and O–H groups in total. The van der Waals surface area contributed by atoms with Crippen LogP contribution in [-0.4, -0.2) is 19.3 Å². The molecule has 2 aromatic heterocycles. The minimum atomic E-state index is 0.628. The Kier molecular flexibility index (Phi) is 2.71. The molecule has 3 rings (SSSR count). The maximum absolute atomic E-state index is 4.57. The van der Waals surface area contributed by atoms with Gasteiger partial charge < -0.3 is 10.3 Å². The van der Waals surface area contributed by atoms with E-state index in [2.05, 4.69) is 37.6 Å². The third kappa shape index (κ3) is 2.06. The van der Waals surface area contributed by atoms with Gasteiger partial charge in [0.05, 0.1) is 17.6 Å². The summed E-state index contributed by atoms with van der Waals surface area (Å²) in [6.45, 7) is 4.57. The molecule has 0 saturated carbocycles. The van der Waals surface area contributed by atoms with Gasteiger partial charge in [0.25, 0.3) is 0 Å². The smallest absolute Gasteiger partial charge is 0.202 e. The minimum absolute atomic E-state index is 0.628. The van der Waals surface area contributed by atoms with Crippen molar-refractivity contribution in [3.05, 3.63) is 35.4 Å². The van der Waals surface area contributed by atoms with Gasteiger partial charge in [-0.3, -0.25) is 0 Å². The van der Waals surface area contributed by atoms with Gasteiger partial charge in [0.15, 0.2) is 0 Å². The van der Waals surface area contributed by atoms with Gasteiger partial charge in [-0.15, -0.1) is 0 Å². The quantitative estimate of drug-likeness (QED) is 0.759. The first kappa shape index (κ1) is 11.2. The number of imidazole rings is 1. The van der Waals surface area contributed by atoms with Crippen molar-refractivity contribution in [3.8, 4) is 0 Å². The van der Waals surface area contributed by atoms with Crippen molar-refractivity contribution in [1.29, 1.82) is 0 Å². The maximum Gasteiger partial charge on any atom is 0.202 e. The van der Waals surface area contributed by atoms with Crippen LogP contribution in [0.3, 0.4) is 0 Å². The number of hydrogen-bond acceptors (Lipinski definition) is 5. The number of nitrogens with one attached hydrogen (secondary N) is 2. The number of H-pyrrole nitrogens is 1. The largest absolute Gasteiger partial charge is 0.353 e. The summed E-state index contributed by atoms with van der Waals surface area (Å²) in [5, 5.41) is 4.04. The normalized spacial score (nSPS) is 11.0. The van der Waals surface area contributed by atoms with E-state index in [4.69, 9.17) is 0 Å². The van der Waals surface area contributed by atoms with Crippen molar-refractivity contribution in [2.45, 2.75) is 20.4 Å². The van der Waals surface area contributed by atoms with Crippen molar-refractivity contribution in [2.75, 3.05) is 5.32 Å². The van der Waals surface area contributed by atoms with Gasteiger partial charge in [0.1, 0.15) is 11.6 Å². The standard InChI is InChI=1S/C12H13N5S/c1-7-4-3-5-9-11(7)16-10(15-9)6-13-12-14-8(2)17-18-12/h3-5H,6H2,1-2H3,(H,15,16)(H,13,14,17). The van der Waals surface area contributed by atoms with E-state index in [0.29, 0.717) is 6.54 Å². The van der Waals surface area contributed by atoms with E-state index < -0.39 is 0 Å². The molecule has 0 radical (unpaired) electrons. The van der Waals surface area contributed by atoms with Crippen molar-refractivity contribution < 1.29 is 0 Å². The van der Waals surface area contributed by atoms with Crippen molar-refractivity contribution in [3.63, 3.8) is 0 Å². The van der Waals surface area contributed by atoms with Crippen LogP contribution in [0.4, 0.5) is 5.13 Å². The maximum atomic E-state index is 4.57. The fraction of sp³-hybridized carbons (Fsp3) is 0.250. The second kappa shape index (κ2) is 4.38. The third-order valence-electron chi connectivity index (χ3n) is 2.70. The van der Waals surface area contributed by atoms with Crippen LogP contribution < -0.4 is 5.32 Å². The Labute approximate surface area is 108 Å². The summed E-state index contributed by atoms with van der Waals surface area (Å²) >= 11 is 1.36. The van der Waals surface area contributed by atoms with Gasteiger partial charge in [0, 0.05) is 11.5 Å². The summed E-state index contributed by atoms with van der Waals surface area (Å²) in [4.78, 5) is 12.1. The molecule has 0 atom stereocenters. The zero-order valence-electron chi connectivity index (χ0n) is 10.2. The van der Waals surface area contributed by atoms with E-state index in [1.54, 1.807) is 0 Å². The Bertz CT molecular complexity index is 685. The summed E-state index contributed by atoms with van der Waals surface area (Å²) in [5.74, 6) is 1.70. The monoisotopic (exact) mass is 259 g/mol. The van der Waals surface area contributed by atoms with Crippen LogP contribution in [0.15, 0.2) is 18.2 Å². The fourth-order valence-electron chi connectivity index (χ4n) is 1.84. The number of fused-ring (bicyclic) bond motifs is 1. The predicted octanol–water partition coefficient (Wildman–Crippen LogP) is 2.64. The molecule has 3 aromatic rings. The second-order valence-corrected chi connectivity index (χ2v) is 4.91. The SMILES string of the molecule is Cc1nsc(NCc2nc3c(C)cccc3[nH]2)n1. The molecular weight excluding hydrogens is 246 g/mol. The van der Waals surface area contributed by atoms with Crippen LogP contribution in [0.2, 0.25) is 0 Å². The summed E-state index contributed by atoms with van der Waals surface area (Å²) in [7, 11) is 0. The lowest BCUT2D eigenvalue weighted by atomic mass is 10.2. The van der Waals surface area contributed by atoms with Crippen LogP contribution >= 0.6 is 11.5 Å². The van der Waals surface area contributed by atoms with Gasteiger partial charge in [-0.05, 0) is 25.5 Å². The van der Waals surface area contributed by atoms with E-state index in [0.717, 1.165) is 27.8 Å². The Morgan fingerprint density at radius 1 is 1.28 bits per heavy atom. The Morgan fingerprint density at radius 3 is 2.89 bits per heavy atom. The van der Waals surface area contributed by atoms with Crippen LogP contribution in [-0.2, 0) is 6.54 Å². The molecule has 0 bridgehead atoms. The molecule has 92 valence electrons. The molecule has 0 aliphatic rings. The second-order valence-electron chi connectivity index (χ2n) is 4.15. The molecule has 0 aliphatic heterocycles. The summed E-state index contributed by atoms with van der Waals surface area (Å²) < 4.78 is 4.12. The van der Waals surface area contributed by atoms with E-state index in [-0.39, 0.29) is 0 Å². The van der Waals surface area contributed by atoms with Crippen molar-refractivity contribution >= 4 is 27.7 Å². The molecule has 0 spiro atoms. The summed E-state index contributed by atoms with van der Waals surface area (Å²) in [6, 6.07) is 6.13. The summed E-state index contributed by atoms with van der Waals surface area (Å²) in [5.41, 5.74) is 3.28. The summed E-state index contributed by atoms with van der Waals surface area (Å²) in [6.07, 6.45) is 0. The van der Waals surface area contributed by atoms with Gasteiger partial charge in [-0.2, -0.15) is 4.37 Å². The molecule has 2 heterocycles. The lowest BCUT2D eigenvalue weighted by Gasteiger charge is -1.97. The molecule has 5 nitrogen and oxygen atoms in total. The first-order chi connectivity index (χ1) is 8.72. The van der Waals surface area contributed by atoms with E-state index >= 15 is 0 Å². The first-order valence-corrected chi connectivity index (χ1v) is 6.48. The fourth-order valence-corrected chi connectivity index (χ4v) is 2.41. The van der Waals surface area contributed by atoms with Gasteiger partial charge >= 0.3 is 0 Å². The van der Waals surface area contributed by atoms with Crippen LogP contribution in [0, 0.1) is 13.8 Å². The molecule has 0 unspecified atom stereocenters. The molecule has 0 amide bonds. The first-order valence-electron chi connectivity index (χ1n) is 5.71. The highest BCUT2D eigenvalue weighted by Gasteiger charge is 2.05. The van der Waals surface area contributed by atoms with Gasteiger partial charge in [-0.1, -0.05) is 12.1 Å². The minimum Gasteiger partial charge on any atom is -0.353 e. The Balaban J connectivity index is 1.81. The Hall–Kier alpha value is -1.95. The third-order valence-corrected chi connectivity index (χ3v) is 3.46. The van der Waals surface area contributed by atoms with E-state index in [1.807, 2.05) is 19.1 Å². The number of para-hydroxylation sites is 1. The zero-order valence-corrected chi connectivity index (χ0v) is 11.0. The highest BCUT2D eigenvalue weighted by atomic mass is 32.1. The molecule has 18 heavy (non-hydrogen) atoms. The van der Waals surface area contributed by atoms with Gasteiger partial charge in [0.2, 0.25) is 5.13 Å².